The molecule has 0 bridgehead atoms. The zero-order valence-corrected chi connectivity index (χ0v) is 22.7. The number of aromatic nitrogens is 1. The molecule has 1 aliphatic heterocycles. The highest BCUT2D eigenvalue weighted by Crippen LogP contribution is 2.48. The number of nitrogens with zero attached hydrogens (tertiary/aromatic N) is 1. The molecule has 0 radical (unpaired) electrons. The zero-order chi connectivity index (χ0) is 27.2. The minimum absolute atomic E-state index is 0.211. The van der Waals surface area contributed by atoms with Gasteiger partial charge >= 0.3 is 0 Å². The third kappa shape index (κ3) is 7.22. The Balaban J connectivity index is 1.90. The standard InChI is InChI=1S/C28H39FN2O5S/c1-5-7-21-26(34)18(3)36-13-10-17(2)8-9-23(22(29)14-20-16-37-19(4)30-20)31-25(33)15-24(32)28(27(21)35)11-6-12-28/h5,8,14,16,18,21,23-24,26,32,34H,1,6-7,9-13,15H2,2-4H3,(H,31,33)/b17-8-,22-14-/t18-,21-,23+,24+,26-/m1/s1. The number of carbonyl (C=O) groups excluding carboxylic acids is 2. The fourth-order valence-corrected chi connectivity index (χ4v) is 5.63. The Hall–Kier alpha value is -2.20. The summed E-state index contributed by atoms with van der Waals surface area (Å²) in [6.07, 6.45) is 4.09. The molecule has 1 saturated carbocycles. The minimum Gasteiger partial charge on any atom is -0.392 e. The first-order valence-electron chi connectivity index (χ1n) is 12.9. The third-order valence-corrected chi connectivity index (χ3v) is 8.37. The van der Waals surface area contributed by atoms with E-state index in [0.29, 0.717) is 31.6 Å². The summed E-state index contributed by atoms with van der Waals surface area (Å²) in [7, 11) is 0. The monoisotopic (exact) mass is 534 g/mol. The average Bonchev–Trinajstić information content (AvgIpc) is 3.22. The maximum atomic E-state index is 15.3. The smallest absolute Gasteiger partial charge is 0.223 e. The number of amides is 1. The van der Waals surface area contributed by atoms with E-state index in [-0.39, 0.29) is 25.0 Å². The lowest BCUT2D eigenvalue weighted by Gasteiger charge is -2.46. The van der Waals surface area contributed by atoms with E-state index in [0.717, 1.165) is 17.0 Å². The van der Waals surface area contributed by atoms with Crippen LogP contribution in [0, 0.1) is 18.3 Å². The lowest BCUT2D eigenvalue weighted by atomic mass is 9.58. The summed E-state index contributed by atoms with van der Waals surface area (Å²) in [6.45, 7) is 9.51. The molecule has 37 heavy (non-hydrogen) atoms. The molecular formula is C28H39FN2O5S. The van der Waals surface area contributed by atoms with Crippen LogP contribution in [0.4, 0.5) is 4.39 Å². The van der Waals surface area contributed by atoms with E-state index in [1.165, 1.54) is 17.4 Å². The molecule has 2 aliphatic rings. The normalized spacial score (nSPS) is 31.8. The lowest BCUT2D eigenvalue weighted by Crippen LogP contribution is -2.54. The molecule has 0 saturated heterocycles. The summed E-state index contributed by atoms with van der Waals surface area (Å²) in [5, 5.41) is 27.4. The molecule has 1 aromatic heterocycles. The number of halogens is 1. The number of thiazole rings is 1. The predicted molar refractivity (Wildman–Crippen MR) is 142 cm³/mol. The van der Waals surface area contributed by atoms with Crippen LogP contribution in [0.25, 0.3) is 6.08 Å². The number of carbonyl (C=O) groups is 2. The van der Waals surface area contributed by atoms with Gasteiger partial charge in [0.25, 0.3) is 0 Å². The molecule has 1 aliphatic carbocycles. The Morgan fingerprint density at radius 1 is 1.35 bits per heavy atom. The van der Waals surface area contributed by atoms with Crippen LogP contribution in [0.2, 0.25) is 0 Å². The van der Waals surface area contributed by atoms with E-state index >= 15 is 4.39 Å². The molecule has 2 heterocycles. The number of hydrogen-bond acceptors (Lipinski definition) is 7. The SMILES string of the molecule is C=CC[C@H]1C(=O)C2(CCC2)[C@@H](O)CC(=O)N[C@H](/C(F)=C/c2csc(C)n2)C/C=C(/C)CCO[C@H](C)[C@H]1O. The number of Topliss-reactive ketones (excluding diaryl/α,β-unsaturated/α-hetero) is 1. The van der Waals surface area contributed by atoms with E-state index in [1.54, 1.807) is 18.4 Å². The highest BCUT2D eigenvalue weighted by molar-refractivity contribution is 7.09. The van der Waals surface area contributed by atoms with Crippen LogP contribution >= 0.6 is 11.3 Å². The highest BCUT2D eigenvalue weighted by atomic mass is 32.1. The van der Waals surface area contributed by atoms with E-state index in [2.05, 4.69) is 16.9 Å². The molecule has 1 fully saturated rings. The number of ether oxygens (including phenoxy) is 1. The summed E-state index contributed by atoms with van der Waals surface area (Å²) in [6, 6.07) is -0.937. The van der Waals surface area contributed by atoms with Gasteiger partial charge in [-0.2, -0.15) is 0 Å². The summed E-state index contributed by atoms with van der Waals surface area (Å²) >= 11 is 1.41. The van der Waals surface area contributed by atoms with E-state index < -0.39 is 47.4 Å². The Labute approximate surface area is 222 Å². The van der Waals surface area contributed by atoms with Gasteiger partial charge in [-0.25, -0.2) is 9.37 Å². The van der Waals surface area contributed by atoms with Gasteiger partial charge in [0.1, 0.15) is 11.6 Å². The second-order valence-corrected chi connectivity index (χ2v) is 11.3. The van der Waals surface area contributed by atoms with Crippen molar-refractivity contribution in [2.24, 2.45) is 11.3 Å². The van der Waals surface area contributed by atoms with Crippen LogP contribution in [0.5, 0.6) is 0 Å². The Kier molecular flexibility index (Phi) is 10.3. The van der Waals surface area contributed by atoms with Gasteiger partial charge in [-0.05, 0) is 59.0 Å². The molecule has 204 valence electrons. The Morgan fingerprint density at radius 2 is 2.08 bits per heavy atom. The fourth-order valence-electron chi connectivity index (χ4n) is 5.06. The molecule has 3 rings (SSSR count). The fraction of sp³-hybridized carbons (Fsp3) is 0.607. The number of nitrogens with one attached hydrogen (secondary N) is 1. The number of allylic oxidation sites excluding steroid dienone is 1. The van der Waals surface area contributed by atoms with Crippen LogP contribution in [0.1, 0.15) is 69.5 Å². The predicted octanol–water partition coefficient (Wildman–Crippen LogP) is 4.44. The molecular weight excluding hydrogens is 495 g/mol. The average molecular weight is 535 g/mol. The molecule has 1 aromatic rings. The second kappa shape index (κ2) is 13.0. The van der Waals surface area contributed by atoms with Crippen molar-refractivity contribution in [2.45, 2.75) is 90.1 Å². The largest absolute Gasteiger partial charge is 0.392 e. The summed E-state index contributed by atoms with van der Waals surface area (Å²) in [5.41, 5.74) is 0.300. The van der Waals surface area contributed by atoms with Crippen molar-refractivity contribution in [2.75, 3.05) is 6.61 Å². The van der Waals surface area contributed by atoms with E-state index in [9.17, 15) is 19.8 Å². The maximum Gasteiger partial charge on any atom is 0.223 e. The van der Waals surface area contributed by atoms with Crippen LogP contribution < -0.4 is 5.32 Å². The molecule has 1 amide bonds. The number of ketones is 1. The molecule has 5 atom stereocenters. The molecule has 7 nitrogen and oxygen atoms in total. The van der Waals surface area contributed by atoms with E-state index in [1.807, 2.05) is 19.9 Å². The number of aliphatic hydroxyl groups is 2. The number of rotatable bonds is 4. The Morgan fingerprint density at radius 3 is 2.68 bits per heavy atom. The summed E-state index contributed by atoms with van der Waals surface area (Å²) in [4.78, 5) is 31.0. The first kappa shape index (κ1) is 29.4. The van der Waals surface area contributed by atoms with Crippen LogP contribution in [-0.2, 0) is 14.3 Å². The van der Waals surface area contributed by atoms with Crippen molar-refractivity contribution in [3.8, 4) is 0 Å². The van der Waals surface area contributed by atoms with Gasteiger partial charge in [-0.15, -0.1) is 17.9 Å². The summed E-state index contributed by atoms with van der Waals surface area (Å²) in [5.74, 6) is -2.15. The Bertz CT molecular complexity index is 1030. The van der Waals surface area contributed by atoms with Crippen molar-refractivity contribution >= 4 is 29.1 Å². The number of aryl methyl sites for hydroxylation is 1. The van der Waals surface area contributed by atoms with Gasteiger partial charge < -0.3 is 20.3 Å². The third-order valence-electron chi connectivity index (χ3n) is 7.57. The van der Waals surface area contributed by atoms with Gasteiger partial charge in [0.15, 0.2) is 0 Å². The number of hydrogen-bond donors (Lipinski definition) is 3. The number of aliphatic hydroxyl groups excluding tert-OH is 2. The van der Waals surface area contributed by atoms with Gasteiger partial charge in [0.05, 0.1) is 59.4 Å². The van der Waals surface area contributed by atoms with Gasteiger partial charge in [0.2, 0.25) is 5.91 Å². The summed E-state index contributed by atoms with van der Waals surface area (Å²) < 4.78 is 21.2. The van der Waals surface area contributed by atoms with Gasteiger partial charge in [0, 0.05) is 5.38 Å². The molecule has 1 spiro atoms. The van der Waals surface area contributed by atoms with Crippen LogP contribution in [0.3, 0.4) is 0 Å². The minimum atomic E-state index is -1.25. The molecule has 9 heteroatoms. The van der Waals surface area contributed by atoms with Crippen molar-refractivity contribution in [3.63, 3.8) is 0 Å². The molecule has 3 N–H and O–H groups in total. The van der Waals surface area contributed by atoms with E-state index in [4.69, 9.17) is 4.74 Å². The maximum absolute atomic E-state index is 15.3. The molecule has 0 aromatic carbocycles. The molecule has 0 unspecified atom stereocenters. The first-order chi connectivity index (χ1) is 17.6. The topological polar surface area (TPSA) is 109 Å². The van der Waals surface area contributed by atoms with Gasteiger partial charge in [-0.1, -0.05) is 24.1 Å². The zero-order valence-electron chi connectivity index (χ0n) is 21.9. The lowest BCUT2D eigenvalue weighted by molar-refractivity contribution is -0.158. The quantitative estimate of drug-likeness (QED) is 0.493. The first-order valence-corrected chi connectivity index (χ1v) is 13.8. The van der Waals surface area contributed by atoms with Crippen LogP contribution in [0.15, 0.2) is 35.5 Å². The van der Waals surface area contributed by atoms with Crippen LogP contribution in [-0.4, -0.2) is 57.8 Å². The van der Waals surface area contributed by atoms with Gasteiger partial charge in [-0.3, -0.25) is 9.59 Å². The van der Waals surface area contributed by atoms with Crippen molar-refractivity contribution < 1.29 is 28.9 Å². The van der Waals surface area contributed by atoms with Crippen molar-refractivity contribution in [3.05, 3.63) is 46.2 Å². The highest BCUT2D eigenvalue weighted by Gasteiger charge is 2.53. The van der Waals surface area contributed by atoms with Crippen molar-refractivity contribution in [1.82, 2.24) is 10.3 Å². The van der Waals surface area contributed by atoms with Crippen molar-refractivity contribution in [1.29, 1.82) is 0 Å². The second-order valence-electron chi connectivity index (χ2n) is 10.3.